The van der Waals surface area contributed by atoms with Gasteiger partial charge in [-0.1, -0.05) is 28.5 Å². The van der Waals surface area contributed by atoms with Crippen LogP contribution in [-0.2, 0) is 25.9 Å². The average molecular weight is 408 g/mol. The topological polar surface area (TPSA) is 55.8 Å². The summed E-state index contributed by atoms with van der Waals surface area (Å²) in [5.74, 6) is -1.17. The van der Waals surface area contributed by atoms with Crippen LogP contribution in [0.25, 0.3) is 0 Å². The van der Waals surface area contributed by atoms with E-state index in [4.69, 9.17) is 4.74 Å². The van der Waals surface area contributed by atoms with Gasteiger partial charge in [-0.25, -0.2) is 8.78 Å². The van der Waals surface area contributed by atoms with E-state index < -0.39 is 22.0 Å². The lowest BCUT2D eigenvalue weighted by Gasteiger charge is -2.49. The second-order valence-corrected chi connectivity index (χ2v) is 9.52. The summed E-state index contributed by atoms with van der Waals surface area (Å²) in [6.45, 7) is 3.25. The third-order valence-electron chi connectivity index (χ3n) is 5.33. The number of halogens is 2. The summed E-state index contributed by atoms with van der Waals surface area (Å²) in [5, 5.41) is 0. The van der Waals surface area contributed by atoms with E-state index in [1.54, 1.807) is 30.3 Å². The molecule has 2 saturated heterocycles. The quantitative estimate of drug-likeness (QED) is 0.730. The van der Waals surface area contributed by atoms with E-state index in [9.17, 15) is 17.5 Å². The molecule has 2 fully saturated rings. The Hall–Kier alpha value is -1.71. The maximum Gasteiger partial charge on any atom is 0.175 e. The van der Waals surface area contributed by atoms with Crippen molar-refractivity contribution in [2.24, 2.45) is 5.41 Å². The molecule has 4 rings (SSSR count). The van der Waals surface area contributed by atoms with E-state index in [-0.39, 0.29) is 10.3 Å². The van der Waals surface area contributed by atoms with Gasteiger partial charge in [0.05, 0.1) is 26.3 Å². The Morgan fingerprint density at radius 2 is 1.86 bits per heavy atom. The molecule has 2 aliphatic heterocycles. The highest BCUT2D eigenvalue weighted by molar-refractivity contribution is 7.95. The molecule has 2 aromatic rings. The molecular formula is C20H22F2N2O3S. The number of nitrogens with zero attached hydrogens (tertiary/aromatic N) is 2. The Kier molecular flexibility index (Phi) is 5.32. The first-order valence-corrected chi connectivity index (χ1v) is 10.6. The van der Waals surface area contributed by atoms with Gasteiger partial charge in [0.15, 0.2) is 15.3 Å². The van der Waals surface area contributed by atoms with Crippen molar-refractivity contribution >= 4 is 10.4 Å². The predicted molar refractivity (Wildman–Crippen MR) is 100.0 cm³/mol. The minimum Gasteiger partial charge on any atom is -0.593 e. The van der Waals surface area contributed by atoms with Gasteiger partial charge in [-0.2, -0.15) is 0 Å². The average Bonchev–Trinajstić information content (AvgIpc) is 2.86. The second-order valence-electron chi connectivity index (χ2n) is 7.59. The SMILES string of the molecule is O=[S+]([O-])(c1ccccc1)N1CC2(COCCN(Cc3ccc(F)cc3F)C2)C1. The van der Waals surface area contributed by atoms with Crippen LogP contribution in [0.15, 0.2) is 53.4 Å². The fraction of sp³-hybridized carbons (Fsp3) is 0.400. The van der Waals surface area contributed by atoms with E-state index in [0.717, 1.165) is 6.07 Å². The molecule has 0 aromatic heterocycles. The van der Waals surface area contributed by atoms with Crippen molar-refractivity contribution in [3.63, 3.8) is 0 Å². The van der Waals surface area contributed by atoms with E-state index in [1.807, 2.05) is 0 Å². The van der Waals surface area contributed by atoms with E-state index in [0.29, 0.717) is 51.5 Å². The zero-order valence-electron chi connectivity index (χ0n) is 15.4. The number of rotatable bonds is 4. The molecule has 28 heavy (non-hydrogen) atoms. The monoisotopic (exact) mass is 408 g/mol. The minimum atomic E-state index is -3.52. The van der Waals surface area contributed by atoms with Crippen LogP contribution in [0, 0.1) is 17.0 Å². The molecule has 1 atom stereocenters. The summed E-state index contributed by atoms with van der Waals surface area (Å²) in [7, 11) is -3.52. The minimum absolute atomic E-state index is 0.282. The van der Waals surface area contributed by atoms with Crippen molar-refractivity contribution in [2.45, 2.75) is 11.4 Å². The number of benzene rings is 2. The molecule has 8 heteroatoms. The van der Waals surface area contributed by atoms with Crippen molar-refractivity contribution in [1.82, 2.24) is 9.21 Å². The Morgan fingerprint density at radius 1 is 1.11 bits per heavy atom. The summed E-state index contributed by atoms with van der Waals surface area (Å²) < 4.78 is 59.9. The van der Waals surface area contributed by atoms with Crippen LogP contribution >= 0.6 is 0 Å². The Morgan fingerprint density at radius 3 is 2.57 bits per heavy atom. The molecule has 0 amide bonds. The predicted octanol–water partition coefficient (Wildman–Crippen LogP) is 2.70. The van der Waals surface area contributed by atoms with Gasteiger partial charge in [0, 0.05) is 36.7 Å². The van der Waals surface area contributed by atoms with E-state index in [2.05, 4.69) is 4.90 Å². The molecule has 5 nitrogen and oxygen atoms in total. The third-order valence-corrected chi connectivity index (χ3v) is 7.14. The van der Waals surface area contributed by atoms with E-state index >= 15 is 0 Å². The third kappa shape index (κ3) is 3.88. The number of hydrogen-bond donors (Lipinski definition) is 0. The maximum absolute atomic E-state index is 14.0. The van der Waals surface area contributed by atoms with Gasteiger partial charge in [0.25, 0.3) is 0 Å². The van der Waals surface area contributed by atoms with Gasteiger partial charge in [-0.15, -0.1) is 4.31 Å². The van der Waals surface area contributed by atoms with Gasteiger partial charge in [-0.3, -0.25) is 4.90 Å². The van der Waals surface area contributed by atoms with Crippen molar-refractivity contribution in [3.05, 3.63) is 65.7 Å². The molecule has 1 spiro atoms. The van der Waals surface area contributed by atoms with Gasteiger partial charge in [-0.05, 0) is 18.2 Å². The number of ether oxygens (including phenoxy) is 1. The Bertz CT molecular complexity index is 890. The normalized spacial score (nSPS) is 22.4. The zero-order valence-corrected chi connectivity index (χ0v) is 16.2. The molecule has 0 radical (unpaired) electrons. The highest BCUT2D eigenvalue weighted by Crippen LogP contribution is 2.39. The summed E-state index contributed by atoms with van der Waals surface area (Å²) in [6.07, 6.45) is 0. The van der Waals surface area contributed by atoms with Gasteiger partial charge < -0.3 is 9.29 Å². The maximum atomic E-state index is 14.0. The number of sulfonamides is 1. The molecule has 150 valence electrons. The van der Waals surface area contributed by atoms with E-state index in [1.165, 1.54) is 16.4 Å². The van der Waals surface area contributed by atoms with Crippen molar-refractivity contribution in [2.75, 3.05) is 39.4 Å². The highest BCUT2D eigenvalue weighted by atomic mass is 32.3. The smallest absolute Gasteiger partial charge is 0.175 e. The summed E-state index contributed by atoms with van der Waals surface area (Å²) >= 11 is 0. The van der Waals surface area contributed by atoms with Gasteiger partial charge >= 0.3 is 0 Å². The first-order valence-electron chi connectivity index (χ1n) is 9.17. The van der Waals surface area contributed by atoms with Crippen LogP contribution in [0.5, 0.6) is 0 Å². The van der Waals surface area contributed by atoms with Crippen molar-refractivity contribution in [1.29, 1.82) is 0 Å². The fourth-order valence-electron chi connectivity index (χ4n) is 3.91. The van der Waals surface area contributed by atoms with Crippen molar-refractivity contribution < 1.29 is 22.3 Å². The second kappa shape index (κ2) is 7.61. The number of hydrogen-bond acceptors (Lipinski definition) is 4. The summed E-state index contributed by atoms with van der Waals surface area (Å²) in [4.78, 5) is 2.33. The molecule has 0 saturated carbocycles. The van der Waals surface area contributed by atoms with Crippen LogP contribution in [-0.4, -0.2) is 53.2 Å². The Balaban J connectivity index is 1.45. The molecule has 2 aliphatic rings. The first kappa shape index (κ1) is 19.6. The van der Waals surface area contributed by atoms with Crippen LogP contribution in [0.3, 0.4) is 0 Å². The fourth-order valence-corrected chi connectivity index (χ4v) is 5.60. The zero-order chi connectivity index (χ0) is 19.8. The van der Waals surface area contributed by atoms with Crippen LogP contribution in [0.1, 0.15) is 5.56 Å². The molecular weight excluding hydrogens is 386 g/mol. The molecule has 0 bridgehead atoms. The lowest BCUT2D eigenvalue weighted by molar-refractivity contribution is -0.0208. The standard InChI is InChI=1S/C20H22F2N2O3S/c21-17-7-6-16(19(22)10-17)11-23-8-9-27-15-20(12-23)13-24(14-20)28(25,26)18-4-2-1-3-5-18/h1-7,10H,8-9,11-15H2. The molecule has 0 aliphatic carbocycles. The highest BCUT2D eigenvalue weighted by Gasteiger charge is 2.53. The lowest BCUT2D eigenvalue weighted by Crippen LogP contribution is -2.64. The molecule has 2 aromatic carbocycles. The molecule has 1 unspecified atom stereocenters. The lowest BCUT2D eigenvalue weighted by atomic mass is 9.82. The van der Waals surface area contributed by atoms with Gasteiger partial charge in [0.1, 0.15) is 11.6 Å². The Labute approximate surface area is 164 Å². The van der Waals surface area contributed by atoms with Crippen LogP contribution in [0.4, 0.5) is 8.78 Å². The van der Waals surface area contributed by atoms with Crippen molar-refractivity contribution in [3.8, 4) is 0 Å². The van der Waals surface area contributed by atoms with Gasteiger partial charge in [0.2, 0.25) is 0 Å². The first-order chi connectivity index (χ1) is 13.4. The largest absolute Gasteiger partial charge is 0.593 e. The van der Waals surface area contributed by atoms with Crippen LogP contribution in [0.2, 0.25) is 0 Å². The summed E-state index contributed by atoms with van der Waals surface area (Å²) in [5.41, 5.74) is 0.112. The van der Waals surface area contributed by atoms with Crippen LogP contribution < -0.4 is 0 Å². The molecule has 2 heterocycles. The molecule has 0 N–H and O–H groups in total. The summed E-state index contributed by atoms with van der Waals surface area (Å²) in [6, 6.07) is 12.0.